The zero-order chi connectivity index (χ0) is 21.9. The summed E-state index contributed by atoms with van der Waals surface area (Å²) in [6, 6.07) is 27.6. The summed E-state index contributed by atoms with van der Waals surface area (Å²) in [5.74, 6) is 0.0275. The second-order valence-electron chi connectivity index (χ2n) is 7.15. The number of ether oxygens (including phenoxy) is 2. The van der Waals surface area contributed by atoms with Crippen molar-refractivity contribution < 1.29 is 19.1 Å². The van der Waals surface area contributed by atoms with E-state index in [9.17, 15) is 9.59 Å². The maximum atomic E-state index is 12.3. The molecule has 31 heavy (non-hydrogen) atoms. The predicted molar refractivity (Wildman–Crippen MR) is 120 cm³/mol. The van der Waals surface area contributed by atoms with Crippen LogP contribution in [0.3, 0.4) is 0 Å². The number of nitrogens with one attached hydrogen (secondary N) is 1. The van der Waals surface area contributed by atoms with Crippen LogP contribution in [-0.2, 0) is 20.7 Å². The van der Waals surface area contributed by atoms with Crippen LogP contribution in [0.25, 0.3) is 0 Å². The Balaban J connectivity index is 1.48. The summed E-state index contributed by atoms with van der Waals surface area (Å²) < 4.78 is 10.4. The molecule has 0 aliphatic carbocycles. The lowest BCUT2D eigenvalue weighted by atomic mass is 9.91. The Labute approximate surface area is 183 Å². The highest BCUT2D eigenvalue weighted by Gasteiger charge is 2.16. The molecule has 0 fully saturated rings. The fraction of sp³-hybridized carbons (Fsp3) is 0.231. The van der Waals surface area contributed by atoms with Gasteiger partial charge in [0.2, 0.25) is 0 Å². The van der Waals surface area contributed by atoms with E-state index in [1.807, 2.05) is 84.9 Å². The third kappa shape index (κ3) is 6.71. The van der Waals surface area contributed by atoms with Crippen molar-refractivity contribution in [2.24, 2.45) is 0 Å². The summed E-state index contributed by atoms with van der Waals surface area (Å²) in [6.45, 7) is 0.132. The summed E-state index contributed by atoms with van der Waals surface area (Å²) in [6.07, 6.45) is 0.679. The van der Waals surface area contributed by atoms with Crippen LogP contribution >= 0.6 is 0 Å². The number of benzene rings is 3. The van der Waals surface area contributed by atoms with Crippen molar-refractivity contribution in [3.63, 3.8) is 0 Å². The fourth-order valence-electron chi connectivity index (χ4n) is 3.43. The SMILES string of the molecule is COc1ccccc1CCC(=O)OCC(=O)NCC(c1ccccc1)c1ccccc1. The summed E-state index contributed by atoms with van der Waals surface area (Å²) in [5, 5.41) is 2.89. The Morgan fingerprint density at radius 1 is 0.839 bits per heavy atom. The van der Waals surface area contributed by atoms with E-state index in [1.54, 1.807) is 7.11 Å². The van der Waals surface area contributed by atoms with E-state index in [0.717, 1.165) is 22.4 Å². The molecule has 3 aromatic carbocycles. The highest BCUT2D eigenvalue weighted by atomic mass is 16.5. The number of para-hydroxylation sites is 1. The number of hydrogen-bond donors (Lipinski definition) is 1. The molecule has 0 aliphatic heterocycles. The number of carbonyl (C=O) groups excluding carboxylic acids is 2. The molecule has 0 heterocycles. The minimum atomic E-state index is -0.413. The van der Waals surface area contributed by atoms with E-state index in [1.165, 1.54) is 0 Å². The lowest BCUT2D eigenvalue weighted by Crippen LogP contribution is -2.32. The zero-order valence-corrected chi connectivity index (χ0v) is 17.6. The molecule has 1 amide bonds. The molecule has 1 N–H and O–H groups in total. The Kier molecular flexibility index (Phi) is 8.23. The van der Waals surface area contributed by atoms with Gasteiger partial charge in [-0.15, -0.1) is 0 Å². The summed E-state index contributed by atoms with van der Waals surface area (Å²) >= 11 is 0. The van der Waals surface area contributed by atoms with Crippen LogP contribution in [0, 0.1) is 0 Å². The summed E-state index contributed by atoms with van der Waals surface area (Å²) in [4.78, 5) is 24.3. The molecule has 0 saturated carbocycles. The molecule has 0 radical (unpaired) electrons. The van der Waals surface area contributed by atoms with E-state index >= 15 is 0 Å². The molecule has 3 aromatic rings. The van der Waals surface area contributed by atoms with Crippen LogP contribution in [-0.4, -0.2) is 32.1 Å². The highest BCUT2D eigenvalue weighted by Crippen LogP contribution is 2.23. The summed E-state index contributed by atoms with van der Waals surface area (Å²) in [7, 11) is 1.60. The van der Waals surface area contributed by atoms with Gasteiger partial charge in [0.1, 0.15) is 5.75 Å². The first kappa shape index (κ1) is 22.1. The number of hydrogen-bond acceptors (Lipinski definition) is 4. The van der Waals surface area contributed by atoms with Crippen molar-refractivity contribution in [3.05, 3.63) is 102 Å². The molecular weight excluding hydrogens is 390 g/mol. The molecule has 0 bridgehead atoms. The number of rotatable bonds is 10. The van der Waals surface area contributed by atoms with Gasteiger partial charge >= 0.3 is 5.97 Å². The molecule has 160 valence electrons. The van der Waals surface area contributed by atoms with E-state index in [-0.39, 0.29) is 24.9 Å². The number of carbonyl (C=O) groups is 2. The first-order valence-electron chi connectivity index (χ1n) is 10.3. The third-order valence-corrected chi connectivity index (χ3v) is 5.06. The Hall–Kier alpha value is -3.60. The molecular formula is C26H27NO4. The van der Waals surface area contributed by atoms with E-state index in [2.05, 4.69) is 5.32 Å². The van der Waals surface area contributed by atoms with E-state index in [0.29, 0.717) is 13.0 Å². The van der Waals surface area contributed by atoms with E-state index in [4.69, 9.17) is 9.47 Å². The average molecular weight is 418 g/mol. The monoisotopic (exact) mass is 417 g/mol. The standard InChI is InChI=1S/C26H27NO4/c1-30-24-15-9-8-14-22(24)16-17-26(29)31-19-25(28)27-18-23(20-10-4-2-5-11-20)21-12-6-3-7-13-21/h2-15,23H,16-19H2,1H3,(H,27,28). The van der Waals surface area contributed by atoms with Crippen LogP contribution in [0.4, 0.5) is 0 Å². The molecule has 0 aromatic heterocycles. The van der Waals surface area contributed by atoms with Gasteiger partial charge in [-0.2, -0.15) is 0 Å². The first-order chi connectivity index (χ1) is 15.2. The fourth-order valence-corrected chi connectivity index (χ4v) is 3.43. The van der Waals surface area contributed by atoms with Crippen LogP contribution in [0.1, 0.15) is 29.0 Å². The maximum Gasteiger partial charge on any atom is 0.306 e. The number of esters is 1. The van der Waals surface area contributed by atoms with Crippen LogP contribution in [0.2, 0.25) is 0 Å². The van der Waals surface area contributed by atoms with Crippen LogP contribution < -0.4 is 10.1 Å². The van der Waals surface area contributed by atoms with Gasteiger partial charge in [-0.3, -0.25) is 9.59 Å². The number of amides is 1. The van der Waals surface area contributed by atoms with Gasteiger partial charge in [-0.1, -0.05) is 78.9 Å². The van der Waals surface area contributed by atoms with Crippen molar-refractivity contribution in [1.29, 1.82) is 0 Å². The second kappa shape index (κ2) is 11.6. The van der Waals surface area contributed by atoms with Crippen molar-refractivity contribution in [1.82, 2.24) is 5.32 Å². The number of aryl methyl sites for hydroxylation is 1. The Morgan fingerprint density at radius 3 is 2.03 bits per heavy atom. The molecule has 0 atom stereocenters. The van der Waals surface area contributed by atoms with E-state index < -0.39 is 5.97 Å². The molecule has 5 nitrogen and oxygen atoms in total. The lowest BCUT2D eigenvalue weighted by Gasteiger charge is -2.19. The van der Waals surface area contributed by atoms with Crippen molar-refractivity contribution >= 4 is 11.9 Å². The molecule has 3 rings (SSSR count). The van der Waals surface area contributed by atoms with Crippen molar-refractivity contribution in [2.75, 3.05) is 20.3 Å². The normalized spacial score (nSPS) is 10.5. The summed E-state index contributed by atoms with van der Waals surface area (Å²) in [5.41, 5.74) is 3.16. The average Bonchev–Trinajstić information content (AvgIpc) is 2.83. The van der Waals surface area contributed by atoms with Crippen molar-refractivity contribution in [3.8, 4) is 5.75 Å². The molecule has 0 unspecified atom stereocenters. The lowest BCUT2D eigenvalue weighted by molar-refractivity contribution is -0.148. The smallest absolute Gasteiger partial charge is 0.306 e. The van der Waals surface area contributed by atoms with Crippen LogP contribution in [0.5, 0.6) is 5.75 Å². The quantitative estimate of drug-likeness (QED) is 0.504. The molecule has 0 spiro atoms. The third-order valence-electron chi connectivity index (χ3n) is 5.06. The highest BCUT2D eigenvalue weighted by molar-refractivity contribution is 5.80. The second-order valence-corrected chi connectivity index (χ2v) is 7.15. The molecule has 5 heteroatoms. The van der Waals surface area contributed by atoms with Gasteiger partial charge in [-0.05, 0) is 29.2 Å². The minimum absolute atomic E-state index is 0.0209. The Bertz CT molecular complexity index is 933. The maximum absolute atomic E-state index is 12.3. The largest absolute Gasteiger partial charge is 0.496 e. The van der Waals surface area contributed by atoms with Crippen molar-refractivity contribution in [2.45, 2.75) is 18.8 Å². The van der Waals surface area contributed by atoms with Gasteiger partial charge < -0.3 is 14.8 Å². The first-order valence-corrected chi connectivity index (χ1v) is 10.3. The number of methoxy groups -OCH3 is 1. The van der Waals surface area contributed by atoms with Gasteiger partial charge in [0.15, 0.2) is 6.61 Å². The predicted octanol–water partition coefficient (Wildman–Crippen LogP) is 4.12. The minimum Gasteiger partial charge on any atom is -0.496 e. The molecule has 0 saturated heterocycles. The van der Waals surface area contributed by atoms with Gasteiger partial charge in [0.05, 0.1) is 7.11 Å². The van der Waals surface area contributed by atoms with Crippen LogP contribution in [0.15, 0.2) is 84.9 Å². The van der Waals surface area contributed by atoms with Gasteiger partial charge in [0.25, 0.3) is 5.91 Å². The van der Waals surface area contributed by atoms with Gasteiger partial charge in [0, 0.05) is 18.9 Å². The topological polar surface area (TPSA) is 64.6 Å². The zero-order valence-electron chi connectivity index (χ0n) is 17.6. The molecule has 0 aliphatic rings. The van der Waals surface area contributed by atoms with Gasteiger partial charge in [-0.25, -0.2) is 0 Å². The Morgan fingerprint density at radius 2 is 1.42 bits per heavy atom.